The van der Waals surface area contributed by atoms with E-state index in [1.54, 1.807) is 6.20 Å². The molecule has 1 aliphatic heterocycles. The van der Waals surface area contributed by atoms with Crippen molar-refractivity contribution >= 4 is 11.8 Å². The number of nitrogens with one attached hydrogen (secondary N) is 1. The summed E-state index contributed by atoms with van der Waals surface area (Å²) < 4.78 is 1.95. The first kappa shape index (κ1) is 14.1. The van der Waals surface area contributed by atoms with E-state index in [1.165, 1.54) is 32.1 Å². The van der Waals surface area contributed by atoms with Crippen molar-refractivity contribution in [2.24, 2.45) is 17.3 Å². The minimum absolute atomic E-state index is 0.0516. The molecule has 2 heterocycles. The zero-order valence-electron chi connectivity index (χ0n) is 13.4. The highest BCUT2D eigenvalue weighted by atomic mass is 16.2. The molecule has 2 saturated carbocycles. The molecule has 1 saturated heterocycles. The lowest BCUT2D eigenvalue weighted by Gasteiger charge is -2.52. The normalized spacial score (nSPS) is 26.8. The molecule has 1 aromatic heterocycles. The minimum atomic E-state index is 0.0516. The van der Waals surface area contributed by atoms with Crippen molar-refractivity contribution in [2.45, 2.75) is 52.0 Å². The van der Waals surface area contributed by atoms with Gasteiger partial charge >= 0.3 is 6.03 Å². The standard InChI is InChI=1S/C17H26N4O/c1-13-6-10-20(12-17(13)7-2-8-17)16(22)19-15-5-9-18-21(15)11-14-3-4-14/h5,9,13-14H,2-4,6-8,10-12H2,1H3,(H,19,22). The van der Waals surface area contributed by atoms with E-state index in [-0.39, 0.29) is 6.03 Å². The molecule has 22 heavy (non-hydrogen) atoms. The van der Waals surface area contributed by atoms with Gasteiger partial charge in [0, 0.05) is 25.7 Å². The molecule has 5 heteroatoms. The van der Waals surface area contributed by atoms with E-state index < -0.39 is 0 Å². The quantitative estimate of drug-likeness (QED) is 0.931. The van der Waals surface area contributed by atoms with Crippen LogP contribution in [0.4, 0.5) is 10.6 Å². The number of piperidine rings is 1. The predicted molar refractivity (Wildman–Crippen MR) is 85.6 cm³/mol. The molecule has 1 spiro atoms. The molecule has 2 aliphatic carbocycles. The molecule has 1 N–H and O–H groups in total. The van der Waals surface area contributed by atoms with E-state index in [0.29, 0.717) is 5.41 Å². The van der Waals surface area contributed by atoms with Gasteiger partial charge in [0.15, 0.2) is 0 Å². The molecule has 0 aromatic carbocycles. The lowest BCUT2D eigenvalue weighted by atomic mass is 9.59. The summed E-state index contributed by atoms with van der Waals surface area (Å²) >= 11 is 0. The second kappa shape index (κ2) is 5.28. The fraction of sp³-hybridized carbons (Fsp3) is 0.765. The number of nitrogens with zero attached hydrogens (tertiary/aromatic N) is 3. The van der Waals surface area contributed by atoms with Crippen molar-refractivity contribution < 1.29 is 4.79 Å². The zero-order chi connectivity index (χ0) is 15.2. The number of aromatic nitrogens is 2. The maximum atomic E-state index is 12.6. The highest BCUT2D eigenvalue weighted by molar-refractivity contribution is 5.88. The smallest absolute Gasteiger partial charge is 0.323 e. The average Bonchev–Trinajstić information content (AvgIpc) is 3.18. The number of amides is 2. The molecule has 2 amide bonds. The minimum Gasteiger partial charge on any atom is -0.324 e. The number of carbonyl (C=O) groups is 1. The van der Waals surface area contributed by atoms with Gasteiger partial charge in [0.05, 0.1) is 6.20 Å². The van der Waals surface area contributed by atoms with Gasteiger partial charge in [0.2, 0.25) is 0 Å². The van der Waals surface area contributed by atoms with Gasteiger partial charge in [-0.25, -0.2) is 9.48 Å². The summed E-state index contributed by atoms with van der Waals surface area (Å²) in [6.07, 6.45) is 9.40. The van der Waals surface area contributed by atoms with E-state index in [4.69, 9.17) is 0 Å². The van der Waals surface area contributed by atoms with Gasteiger partial charge < -0.3 is 4.90 Å². The summed E-state index contributed by atoms with van der Waals surface area (Å²) in [5.74, 6) is 2.36. The first-order valence-corrected chi connectivity index (χ1v) is 8.74. The van der Waals surface area contributed by atoms with Gasteiger partial charge in [-0.3, -0.25) is 5.32 Å². The first-order chi connectivity index (χ1) is 10.7. The molecule has 5 nitrogen and oxygen atoms in total. The fourth-order valence-electron chi connectivity index (χ4n) is 4.04. The third kappa shape index (κ3) is 2.50. The number of urea groups is 1. The maximum absolute atomic E-state index is 12.6. The van der Waals surface area contributed by atoms with Gasteiger partial charge in [0.25, 0.3) is 0 Å². The molecule has 3 fully saturated rings. The van der Waals surface area contributed by atoms with Crippen LogP contribution in [0.25, 0.3) is 0 Å². The fourth-order valence-corrected chi connectivity index (χ4v) is 4.04. The third-order valence-corrected chi connectivity index (χ3v) is 6.10. The zero-order valence-corrected chi connectivity index (χ0v) is 13.4. The molecule has 1 aromatic rings. The molecule has 120 valence electrons. The Balaban J connectivity index is 1.40. The van der Waals surface area contributed by atoms with Crippen LogP contribution in [0.5, 0.6) is 0 Å². The highest BCUT2D eigenvalue weighted by Crippen LogP contribution is 2.50. The number of anilines is 1. The van der Waals surface area contributed by atoms with Crippen molar-refractivity contribution in [1.29, 1.82) is 0 Å². The molecule has 0 radical (unpaired) electrons. The monoisotopic (exact) mass is 302 g/mol. The second-order valence-corrected chi connectivity index (χ2v) is 7.60. The summed E-state index contributed by atoms with van der Waals surface area (Å²) in [6, 6.07) is 1.96. The number of hydrogen-bond donors (Lipinski definition) is 1. The van der Waals surface area contributed by atoms with E-state index >= 15 is 0 Å². The van der Waals surface area contributed by atoms with Crippen LogP contribution in [0, 0.1) is 17.3 Å². The van der Waals surface area contributed by atoms with E-state index in [9.17, 15) is 4.79 Å². The van der Waals surface area contributed by atoms with E-state index in [1.807, 2.05) is 15.6 Å². The topological polar surface area (TPSA) is 50.2 Å². The van der Waals surface area contributed by atoms with Crippen LogP contribution in [0.1, 0.15) is 45.4 Å². The lowest BCUT2D eigenvalue weighted by molar-refractivity contribution is -0.0108. The van der Waals surface area contributed by atoms with Crippen LogP contribution in [-0.4, -0.2) is 33.8 Å². The second-order valence-electron chi connectivity index (χ2n) is 7.60. The Morgan fingerprint density at radius 3 is 2.91 bits per heavy atom. The van der Waals surface area contributed by atoms with Crippen LogP contribution in [-0.2, 0) is 6.54 Å². The molecule has 1 unspecified atom stereocenters. The first-order valence-electron chi connectivity index (χ1n) is 8.74. The van der Waals surface area contributed by atoms with Gasteiger partial charge in [-0.15, -0.1) is 0 Å². The summed E-state index contributed by atoms with van der Waals surface area (Å²) in [5.41, 5.74) is 0.407. The summed E-state index contributed by atoms with van der Waals surface area (Å²) in [7, 11) is 0. The van der Waals surface area contributed by atoms with Crippen molar-refractivity contribution in [1.82, 2.24) is 14.7 Å². The molecule has 3 aliphatic rings. The molecular formula is C17H26N4O. The van der Waals surface area contributed by atoms with Crippen molar-refractivity contribution in [3.05, 3.63) is 12.3 Å². The molecule has 0 bridgehead atoms. The Morgan fingerprint density at radius 1 is 1.41 bits per heavy atom. The van der Waals surface area contributed by atoms with Crippen molar-refractivity contribution in [2.75, 3.05) is 18.4 Å². The molecular weight excluding hydrogens is 276 g/mol. The number of carbonyl (C=O) groups excluding carboxylic acids is 1. The van der Waals surface area contributed by atoms with Gasteiger partial charge in [-0.05, 0) is 49.4 Å². The van der Waals surface area contributed by atoms with Crippen LogP contribution in [0.2, 0.25) is 0 Å². The summed E-state index contributed by atoms with van der Waals surface area (Å²) in [4.78, 5) is 14.6. The average molecular weight is 302 g/mol. The lowest BCUT2D eigenvalue weighted by Crippen LogP contribution is -2.54. The Hall–Kier alpha value is -1.52. The van der Waals surface area contributed by atoms with Gasteiger partial charge in [-0.2, -0.15) is 5.10 Å². The van der Waals surface area contributed by atoms with Gasteiger partial charge in [0.1, 0.15) is 5.82 Å². The molecule has 1 atom stereocenters. The van der Waals surface area contributed by atoms with Crippen molar-refractivity contribution in [3.8, 4) is 0 Å². The summed E-state index contributed by atoms with van der Waals surface area (Å²) in [6.45, 7) is 5.10. The highest BCUT2D eigenvalue weighted by Gasteiger charge is 2.46. The van der Waals surface area contributed by atoms with Crippen LogP contribution >= 0.6 is 0 Å². The number of likely N-dealkylation sites (tertiary alicyclic amines) is 1. The molecule has 4 rings (SSSR count). The van der Waals surface area contributed by atoms with Crippen LogP contribution in [0.15, 0.2) is 12.3 Å². The van der Waals surface area contributed by atoms with Crippen LogP contribution in [0.3, 0.4) is 0 Å². The third-order valence-electron chi connectivity index (χ3n) is 6.10. The summed E-state index contributed by atoms with van der Waals surface area (Å²) in [5, 5.41) is 7.43. The van der Waals surface area contributed by atoms with E-state index in [2.05, 4.69) is 17.3 Å². The Kier molecular flexibility index (Phi) is 3.39. The Morgan fingerprint density at radius 2 is 2.23 bits per heavy atom. The van der Waals surface area contributed by atoms with E-state index in [0.717, 1.165) is 43.7 Å². The SMILES string of the molecule is CC1CCN(C(=O)Nc2ccnn2CC2CC2)CC12CCC2. The predicted octanol–water partition coefficient (Wildman–Crippen LogP) is 3.34. The Labute approximate surface area is 132 Å². The number of hydrogen-bond acceptors (Lipinski definition) is 2. The maximum Gasteiger partial charge on any atom is 0.323 e. The van der Waals surface area contributed by atoms with Gasteiger partial charge in [-0.1, -0.05) is 13.3 Å². The van der Waals surface area contributed by atoms with Crippen LogP contribution < -0.4 is 5.32 Å². The number of rotatable bonds is 3. The largest absolute Gasteiger partial charge is 0.324 e. The van der Waals surface area contributed by atoms with Crippen molar-refractivity contribution in [3.63, 3.8) is 0 Å². The Bertz CT molecular complexity index is 559.